The van der Waals surface area contributed by atoms with E-state index in [-0.39, 0.29) is 6.04 Å². The lowest BCUT2D eigenvalue weighted by molar-refractivity contribution is 0.689. The lowest BCUT2D eigenvalue weighted by atomic mass is 10.2. The maximum absolute atomic E-state index is 5.69. The van der Waals surface area contributed by atoms with E-state index in [0.29, 0.717) is 12.2 Å². The van der Waals surface area contributed by atoms with Gasteiger partial charge in [0.05, 0.1) is 6.04 Å². The first-order valence-electron chi connectivity index (χ1n) is 3.71. The molecule has 1 rings (SSSR count). The Hall–Kier alpha value is -1.40. The van der Waals surface area contributed by atoms with Crippen LogP contribution in [-0.2, 0) is 0 Å². The summed E-state index contributed by atoms with van der Waals surface area (Å²) in [6.45, 7) is 1.93. The van der Waals surface area contributed by atoms with E-state index in [1.165, 1.54) is 0 Å². The summed E-state index contributed by atoms with van der Waals surface area (Å²) in [5.74, 6) is 3.09. The van der Waals surface area contributed by atoms with Crippen molar-refractivity contribution in [3.63, 3.8) is 0 Å². The van der Waals surface area contributed by atoms with Gasteiger partial charge in [-0.3, -0.25) is 0 Å². The molecule has 1 atom stereocenters. The number of aromatic nitrogens is 2. The Morgan fingerprint density at radius 3 is 2.67 bits per heavy atom. The summed E-state index contributed by atoms with van der Waals surface area (Å²) in [6.07, 6.45) is 9.06. The van der Waals surface area contributed by atoms with Crippen LogP contribution >= 0.6 is 0 Å². The van der Waals surface area contributed by atoms with Crippen molar-refractivity contribution in [2.24, 2.45) is 5.73 Å². The predicted octanol–water partition coefficient (Wildman–Crippen LogP) is 0.808. The minimum atomic E-state index is -0.240. The Morgan fingerprint density at radius 2 is 2.17 bits per heavy atom. The predicted molar refractivity (Wildman–Crippen MR) is 47.1 cm³/mol. The van der Waals surface area contributed by atoms with Gasteiger partial charge in [0.1, 0.15) is 5.82 Å². The largest absolute Gasteiger partial charge is 0.321 e. The van der Waals surface area contributed by atoms with Crippen LogP contribution in [0.2, 0.25) is 0 Å². The third kappa shape index (κ3) is 2.04. The highest BCUT2D eigenvalue weighted by molar-refractivity contribution is 5.06. The van der Waals surface area contributed by atoms with Crippen LogP contribution in [0.5, 0.6) is 0 Å². The minimum absolute atomic E-state index is 0.240. The van der Waals surface area contributed by atoms with Gasteiger partial charge >= 0.3 is 0 Å². The maximum atomic E-state index is 5.69. The van der Waals surface area contributed by atoms with Crippen molar-refractivity contribution >= 4 is 0 Å². The van der Waals surface area contributed by atoms with Crippen molar-refractivity contribution in [3.8, 4) is 12.3 Å². The molecule has 1 heterocycles. The van der Waals surface area contributed by atoms with E-state index < -0.39 is 0 Å². The molecule has 0 fully saturated rings. The van der Waals surface area contributed by atoms with Gasteiger partial charge in [-0.1, -0.05) is 0 Å². The van der Waals surface area contributed by atoms with Gasteiger partial charge in [0.15, 0.2) is 0 Å². The second-order valence-corrected chi connectivity index (χ2v) is 2.63. The Balaban J connectivity index is 2.76. The molecule has 0 saturated heterocycles. The topological polar surface area (TPSA) is 51.8 Å². The highest BCUT2D eigenvalue weighted by Crippen LogP contribution is 2.06. The molecule has 1 aromatic rings. The van der Waals surface area contributed by atoms with E-state index >= 15 is 0 Å². The molecule has 1 unspecified atom stereocenters. The van der Waals surface area contributed by atoms with Crippen LogP contribution in [-0.4, -0.2) is 9.97 Å². The van der Waals surface area contributed by atoms with Gasteiger partial charge in [0.25, 0.3) is 0 Å². The third-order valence-electron chi connectivity index (χ3n) is 1.47. The fraction of sp³-hybridized carbons (Fsp3) is 0.333. The molecule has 12 heavy (non-hydrogen) atoms. The first kappa shape index (κ1) is 8.69. The van der Waals surface area contributed by atoms with Crippen LogP contribution in [0.3, 0.4) is 0 Å². The van der Waals surface area contributed by atoms with E-state index in [9.17, 15) is 0 Å². The molecule has 0 aliphatic rings. The summed E-state index contributed by atoms with van der Waals surface area (Å²) in [5.41, 5.74) is 6.71. The molecule has 0 aromatic carbocycles. The minimum Gasteiger partial charge on any atom is -0.321 e. The summed E-state index contributed by atoms with van der Waals surface area (Å²) in [7, 11) is 0. The molecule has 0 radical (unpaired) electrons. The van der Waals surface area contributed by atoms with Crippen molar-refractivity contribution < 1.29 is 0 Å². The number of nitrogens with zero attached hydrogens (tertiary/aromatic N) is 2. The quantitative estimate of drug-likeness (QED) is 0.653. The van der Waals surface area contributed by atoms with E-state index in [1.54, 1.807) is 12.4 Å². The summed E-state index contributed by atoms with van der Waals surface area (Å²) >= 11 is 0. The van der Waals surface area contributed by atoms with Gasteiger partial charge in [0, 0.05) is 18.8 Å². The number of nitrogens with two attached hydrogens (primary N) is 1. The molecule has 0 spiro atoms. The zero-order valence-corrected chi connectivity index (χ0v) is 6.99. The highest BCUT2D eigenvalue weighted by Gasteiger charge is 2.05. The van der Waals surface area contributed by atoms with Crippen molar-refractivity contribution in [2.75, 3.05) is 0 Å². The monoisotopic (exact) mass is 161 g/mol. The summed E-state index contributed by atoms with van der Waals surface area (Å²) in [4.78, 5) is 8.13. The van der Waals surface area contributed by atoms with Gasteiger partial charge in [-0.05, 0) is 12.5 Å². The van der Waals surface area contributed by atoms with Gasteiger partial charge in [-0.15, -0.1) is 12.3 Å². The maximum Gasteiger partial charge on any atom is 0.145 e. The molecule has 0 aliphatic carbocycles. The number of terminal acetylenes is 1. The number of hydrogen-bond donors (Lipinski definition) is 1. The summed E-state index contributed by atoms with van der Waals surface area (Å²) in [5, 5.41) is 0. The summed E-state index contributed by atoms with van der Waals surface area (Å²) < 4.78 is 0. The lowest BCUT2D eigenvalue weighted by Crippen LogP contribution is -2.13. The molecule has 62 valence electrons. The Kier molecular flexibility index (Phi) is 2.78. The third-order valence-corrected chi connectivity index (χ3v) is 1.47. The highest BCUT2D eigenvalue weighted by atomic mass is 14.9. The normalized spacial score (nSPS) is 12.1. The summed E-state index contributed by atoms with van der Waals surface area (Å²) in [6, 6.07) is -0.240. The van der Waals surface area contributed by atoms with Gasteiger partial charge in [0.2, 0.25) is 0 Å². The van der Waals surface area contributed by atoms with Crippen molar-refractivity contribution in [2.45, 2.75) is 19.4 Å². The molecule has 0 amide bonds. The zero-order valence-electron chi connectivity index (χ0n) is 6.99. The van der Waals surface area contributed by atoms with Gasteiger partial charge < -0.3 is 5.73 Å². The Morgan fingerprint density at radius 1 is 1.58 bits per heavy atom. The molecule has 3 heteroatoms. The van der Waals surface area contributed by atoms with Crippen molar-refractivity contribution in [1.82, 2.24) is 9.97 Å². The van der Waals surface area contributed by atoms with Crippen molar-refractivity contribution in [1.29, 1.82) is 0 Å². The van der Waals surface area contributed by atoms with Crippen LogP contribution in [0, 0.1) is 19.3 Å². The fourth-order valence-electron chi connectivity index (χ4n) is 0.812. The average molecular weight is 161 g/mol. The first-order valence-corrected chi connectivity index (χ1v) is 3.71. The van der Waals surface area contributed by atoms with Crippen LogP contribution in [0.1, 0.15) is 23.9 Å². The van der Waals surface area contributed by atoms with Crippen LogP contribution in [0.4, 0.5) is 0 Å². The first-order chi connectivity index (χ1) is 5.74. The second-order valence-electron chi connectivity index (χ2n) is 2.63. The van der Waals surface area contributed by atoms with E-state index in [0.717, 1.165) is 5.56 Å². The van der Waals surface area contributed by atoms with Crippen LogP contribution in [0.25, 0.3) is 0 Å². The molecular formula is C9H11N3. The van der Waals surface area contributed by atoms with E-state index in [4.69, 9.17) is 12.2 Å². The smallest absolute Gasteiger partial charge is 0.145 e. The van der Waals surface area contributed by atoms with Crippen LogP contribution < -0.4 is 5.73 Å². The SMILES string of the molecule is C#CCC(N)c1ncc(C)cn1. The molecule has 3 nitrogen and oxygen atoms in total. The Labute approximate surface area is 72.0 Å². The number of aryl methyl sites for hydroxylation is 1. The zero-order chi connectivity index (χ0) is 8.97. The molecule has 0 aliphatic heterocycles. The standard InChI is InChI=1S/C9H11N3/c1-3-4-8(10)9-11-5-7(2)6-12-9/h1,5-6,8H,4,10H2,2H3. The fourth-order valence-corrected chi connectivity index (χ4v) is 0.812. The second kappa shape index (κ2) is 3.84. The van der Waals surface area contributed by atoms with Crippen molar-refractivity contribution in [3.05, 3.63) is 23.8 Å². The number of rotatable bonds is 2. The molecule has 2 N–H and O–H groups in total. The number of hydrogen-bond acceptors (Lipinski definition) is 3. The average Bonchev–Trinajstić information content (AvgIpc) is 2.06. The molecule has 1 aromatic heterocycles. The van der Waals surface area contributed by atoms with E-state index in [2.05, 4.69) is 15.9 Å². The molecular weight excluding hydrogens is 150 g/mol. The molecule has 0 saturated carbocycles. The van der Waals surface area contributed by atoms with Gasteiger partial charge in [-0.25, -0.2) is 9.97 Å². The Bertz CT molecular complexity index is 284. The molecule has 0 bridgehead atoms. The van der Waals surface area contributed by atoms with Gasteiger partial charge in [-0.2, -0.15) is 0 Å². The lowest BCUT2D eigenvalue weighted by Gasteiger charge is -2.05. The van der Waals surface area contributed by atoms with E-state index in [1.807, 2.05) is 6.92 Å². The van der Waals surface area contributed by atoms with Crippen LogP contribution in [0.15, 0.2) is 12.4 Å².